The van der Waals surface area contributed by atoms with Gasteiger partial charge >= 0.3 is 110 Å². The van der Waals surface area contributed by atoms with Crippen LogP contribution in [0.5, 0.6) is 5.75 Å². The Morgan fingerprint density at radius 3 is 2.38 bits per heavy atom. The van der Waals surface area contributed by atoms with E-state index < -0.39 is 0 Å². The molecule has 16 heavy (non-hydrogen) atoms. The summed E-state index contributed by atoms with van der Waals surface area (Å²) >= 11 is 3.86. The van der Waals surface area contributed by atoms with Crippen LogP contribution in [-0.4, -0.2) is 22.1 Å². The Kier molecular flexibility index (Phi) is 4.05. The van der Waals surface area contributed by atoms with Crippen molar-refractivity contribution in [1.82, 2.24) is 0 Å². The number of methoxy groups -OCH3 is 1. The summed E-state index contributed by atoms with van der Waals surface area (Å²) < 4.78 is 8.95. The first-order valence-corrected chi connectivity index (χ1v) is 7.36. The number of hydrogen-bond donors (Lipinski definition) is 0. The number of hydrogen-bond acceptors (Lipinski definition) is 1. The van der Waals surface area contributed by atoms with Crippen LogP contribution in [-0.2, 0) is 0 Å². The van der Waals surface area contributed by atoms with E-state index in [9.17, 15) is 0 Å². The van der Waals surface area contributed by atoms with Gasteiger partial charge in [0.05, 0.1) is 0 Å². The summed E-state index contributed by atoms with van der Waals surface area (Å²) in [5.74, 6) is 0.882. The number of benzene rings is 2. The summed E-state index contributed by atoms with van der Waals surface area (Å²) in [5, 5.41) is 0. The van der Waals surface area contributed by atoms with Gasteiger partial charge in [-0.25, -0.2) is 0 Å². The van der Waals surface area contributed by atoms with Gasteiger partial charge in [0, 0.05) is 0 Å². The van der Waals surface area contributed by atoms with Crippen molar-refractivity contribution < 1.29 is 4.74 Å². The summed E-state index contributed by atoms with van der Waals surface area (Å²) in [5.41, 5.74) is 0. The molecule has 0 unspecified atom stereocenters. The average Bonchev–Trinajstić information content (AvgIpc) is 2.31. The quantitative estimate of drug-likeness (QED) is 0.777. The zero-order chi connectivity index (χ0) is 11.4. The van der Waals surface area contributed by atoms with Gasteiger partial charge in [-0.1, -0.05) is 0 Å². The molecule has 0 aromatic heterocycles. The molecule has 2 aromatic carbocycles. The van der Waals surface area contributed by atoms with Gasteiger partial charge in [-0.05, 0) is 0 Å². The number of ether oxygens (including phenoxy) is 1. The molecular formula is C13H11BrOSe. The molecule has 0 saturated heterocycles. The second-order valence-electron chi connectivity index (χ2n) is 3.21. The van der Waals surface area contributed by atoms with Crippen molar-refractivity contribution in [1.29, 1.82) is 0 Å². The first-order chi connectivity index (χ1) is 7.79. The molecule has 1 nitrogen and oxygen atoms in total. The van der Waals surface area contributed by atoms with Crippen molar-refractivity contribution in [2.24, 2.45) is 0 Å². The van der Waals surface area contributed by atoms with Crippen LogP contribution in [0.25, 0.3) is 0 Å². The fourth-order valence-corrected chi connectivity index (χ4v) is 4.06. The fraction of sp³-hybridized carbons (Fsp3) is 0.0769. The predicted octanol–water partition coefficient (Wildman–Crippen LogP) is 2.11. The van der Waals surface area contributed by atoms with Crippen LogP contribution in [0.15, 0.2) is 53.0 Å². The van der Waals surface area contributed by atoms with Crippen molar-refractivity contribution in [2.75, 3.05) is 7.11 Å². The van der Waals surface area contributed by atoms with E-state index in [1.54, 1.807) is 7.11 Å². The van der Waals surface area contributed by atoms with Gasteiger partial charge in [0.15, 0.2) is 0 Å². The normalized spacial score (nSPS) is 10.1. The van der Waals surface area contributed by atoms with Crippen molar-refractivity contribution >= 4 is 39.8 Å². The van der Waals surface area contributed by atoms with Crippen LogP contribution in [0, 0.1) is 0 Å². The Morgan fingerprint density at radius 1 is 1.00 bits per heavy atom. The van der Waals surface area contributed by atoms with Gasteiger partial charge in [0.1, 0.15) is 0 Å². The summed E-state index contributed by atoms with van der Waals surface area (Å²) in [4.78, 5) is 0. The van der Waals surface area contributed by atoms with Crippen LogP contribution in [0.2, 0.25) is 0 Å². The molecule has 0 heterocycles. The molecule has 3 heteroatoms. The molecular weight excluding hydrogens is 331 g/mol. The molecule has 2 rings (SSSR count). The minimum absolute atomic E-state index is 0.357. The van der Waals surface area contributed by atoms with Crippen LogP contribution >= 0.6 is 15.9 Å². The molecule has 0 amide bonds. The molecule has 82 valence electrons. The summed E-state index contributed by atoms with van der Waals surface area (Å²) in [6.45, 7) is 0. The Morgan fingerprint density at radius 2 is 1.75 bits per heavy atom. The van der Waals surface area contributed by atoms with E-state index in [1.165, 1.54) is 8.92 Å². The van der Waals surface area contributed by atoms with E-state index in [0.29, 0.717) is 15.0 Å². The third-order valence-electron chi connectivity index (χ3n) is 2.10. The standard InChI is InChI=1S/C13H11BrOSe/c1-15-13-8-7-11(9-12(13)14)16-10-5-3-2-4-6-10/h2-9H,1H3. The molecule has 0 N–H and O–H groups in total. The predicted molar refractivity (Wildman–Crippen MR) is 72.2 cm³/mol. The Labute approximate surface area is 110 Å². The maximum atomic E-state index is 5.21. The van der Waals surface area contributed by atoms with E-state index in [4.69, 9.17) is 4.74 Å². The second-order valence-corrected chi connectivity index (χ2v) is 6.47. The van der Waals surface area contributed by atoms with Crippen molar-refractivity contribution in [3.63, 3.8) is 0 Å². The summed E-state index contributed by atoms with van der Waals surface area (Å²) in [6.07, 6.45) is 0. The molecule has 2 aromatic rings. The molecule has 0 aliphatic rings. The van der Waals surface area contributed by atoms with Crippen LogP contribution in [0.3, 0.4) is 0 Å². The molecule has 0 atom stereocenters. The van der Waals surface area contributed by atoms with Gasteiger partial charge in [-0.2, -0.15) is 0 Å². The van der Waals surface area contributed by atoms with Gasteiger partial charge in [0.2, 0.25) is 0 Å². The van der Waals surface area contributed by atoms with Gasteiger partial charge in [-0.15, -0.1) is 0 Å². The Balaban J connectivity index is 2.20. The zero-order valence-electron chi connectivity index (χ0n) is 8.81. The summed E-state index contributed by atoms with van der Waals surface area (Å²) in [6, 6.07) is 16.8. The van der Waals surface area contributed by atoms with E-state index in [0.717, 1.165) is 10.2 Å². The molecule has 0 fully saturated rings. The maximum absolute atomic E-state index is 5.21. The van der Waals surface area contributed by atoms with Crippen LogP contribution in [0.1, 0.15) is 0 Å². The molecule has 0 spiro atoms. The van der Waals surface area contributed by atoms with Gasteiger partial charge < -0.3 is 0 Å². The van der Waals surface area contributed by atoms with E-state index in [2.05, 4.69) is 52.3 Å². The second kappa shape index (κ2) is 5.53. The first kappa shape index (κ1) is 11.7. The monoisotopic (exact) mass is 342 g/mol. The third kappa shape index (κ3) is 2.88. The van der Waals surface area contributed by atoms with E-state index in [1.807, 2.05) is 12.1 Å². The van der Waals surface area contributed by atoms with Crippen molar-refractivity contribution in [2.45, 2.75) is 0 Å². The first-order valence-electron chi connectivity index (χ1n) is 4.86. The number of halogens is 1. The molecule has 0 aliphatic carbocycles. The van der Waals surface area contributed by atoms with Crippen molar-refractivity contribution in [3.8, 4) is 5.75 Å². The zero-order valence-corrected chi connectivity index (χ0v) is 12.1. The fourth-order valence-electron chi connectivity index (χ4n) is 1.34. The molecule has 0 bridgehead atoms. The molecule has 0 aliphatic heterocycles. The average molecular weight is 342 g/mol. The van der Waals surface area contributed by atoms with E-state index >= 15 is 0 Å². The van der Waals surface area contributed by atoms with Crippen LogP contribution in [0.4, 0.5) is 0 Å². The van der Waals surface area contributed by atoms with Crippen LogP contribution < -0.4 is 13.7 Å². The molecule has 0 radical (unpaired) electrons. The topological polar surface area (TPSA) is 9.23 Å². The number of rotatable bonds is 3. The minimum atomic E-state index is 0.357. The SMILES string of the molecule is COc1ccc([Se]c2ccccc2)cc1Br. The summed E-state index contributed by atoms with van der Waals surface area (Å²) in [7, 11) is 1.68. The van der Waals surface area contributed by atoms with E-state index in [-0.39, 0.29) is 0 Å². The third-order valence-corrected chi connectivity index (χ3v) is 4.81. The van der Waals surface area contributed by atoms with Gasteiger partial charge in [-0.3, -0.25) is 0 Å². The van der Waals surface area contributed by atoms with Gasteiger partial charge in [0.25, 0.3) is 0 Å². The van der Waals surface area contributed by atoms with Crippen molar-refractivity contribution in [3.05, 3.63) is 53.0 Å². The Bertz CT molecular complexity index is 471. The Hall–Kier alpha value is -0.761. The molecule has 0 saturated carbocycles.